The molecule has 0 radical (unpaired) electrons. The number of benzene rings is 2. The maximum atomic E-state index is 12.5. The molecule has 178 valence electrons. The summed E-state index contributed by atoms with van der Waals surface area (Å²) in [5.41, 5.74) is 1.21. The third-order valence-corrected chi connectivity index (χ3v) is 5.46. The number of esters is 1. The van der Waals surface area contributed by atoms with Gasteiger partial charge < -0.3 is 19.5 Å². The van der Waals surface area contributed by atoms with E-state index in [0.29, 0.717) is 24.7 Å². The van der Waals surface area contributed by atoms with Crippen LogP contribution >= 0.6 is 0 Å². The Morgan fingerprint density at radius 2 is 1.79 bits per heavy atom. The van der Waals surface area contributed by atoms with Crippen molar-refractivity contribution in [3.63, 3.8) is 0 Å². The molecule has 1 aliphatic heterocycles. The first-order valence-electron chi connectivity index (χ1n) is 10.6. The molecule has 1 heterocycles. The van der Waals surface area contributed by atoms with Crippen LogP contribution < -0.4 is 19.5 Å². The molecule has 0 saturated carbocycles. The molecule has 9 nitrogen and oxygen atoms in total. The quantitative estimate of drug-likeness (QED) is 0.562. The number of amides is 1. The van der Waals surface area contributed by atoms with Crippen LogP contribution in [0.15, 0.2) is 42.5 Å². The van der Waals surface area contributed by atoms with Gasteiger partial charge in [0.25, 0.3) is 5.91 Å². The maximum absolute atomic E-state index is 12.5. The summed E-state index contributed by atoms with van der Waals surface area (Å²) in [6.07, 6.45) is 1.81. The number of anilines is 1. The lowest BCUT2D eigenvalue weighted by Crippen LogP contribution is -2.35. The average Bonchev–Trinajstić information content (AvgIpc) is 2.99. The minimum absolute atomic E-state index is 0.0631. The van der Waals surface area contributed by atoms with Gasteiger partial charge in [-0.2, -0.15) is 0 Å². The summed E-state index contributed by atoms with van der Waals surface area (Å²) in [7, 11) is -3.48. The minimum atomic E-state index is -3.48. The molecule has 0 fully saturated rings. The summed E-state index contributed by atoms with van der Waals surface area (Å²) >= 11 is 0. The van der Waals surface area contributed by atoms with Crippen LogP contribution in [0.1, 0.15) is 42.2 Å². The second-order valence-electron chi connectivity index (χ2n) is 8.08. The van der Waals surface area contributed by atoms with Crippen molar-refractivity contribution < 1.29 is 32.2 Å². The van der Waals surface area contributed by atoms with E-state index in [2.05, 4.69) is 10.0 Å². The molecule has 2 N–H and O–H groups in total. The Hall–Kier alpha value is -3.27. The van der Waals surface area contributed by atoms with Crippen LogP contribution in [-0.4, -0.2) is 46.4 Å². The smallest absolute Gasteiger partial charge is 0.338 e. The minimum Gasteiger partial charge on any atom is -0.490 e. The Kier molecular flexibility index (Phi) is 7.80. The summed E-state index contributed by atoms with van der Waals surface area (Å²) in [5, 5.41) is 2.90. The lowest BCUT2D eigenvalue weighted by atomic mass is 9.95. The number of sulfonamides is 1. The number of hydrogen-bond donors (Lipinski definition) is 2. The summed E-state index contributed by atoms with van der Waals surface area (Å²) in [4.78, 5) is 24.9. The van der Waals surface area contributed by atoms with E-state index >= 15 is 0 Å². The third-order valence-electron chi connectivity index (χ3n) is 4.85. The molecule has 2 aromatic carbocycles. The van der Waals surface area contributed by atoms with Gasteiger partial charge in [-0.3, -0.25) is 9.52 Å². The zero-order valence-electron chi connectivity index (χ0n) is 18.8. The lowest BCUT2D eigenvalue weighted by Gasteiger charge is -2.24. The first-order valence-corrected chi connectivity index (χ1v) is 12.5. The van der Waals surface area contributed by atoms with E-state index in [4.69, 9.17) is 14.2 Å². The van der Waals surface area contributed by atoms with Gasteiger partial charge in [0.15, 0.2) is 18.1 Å². The monoisotopic (exact) mass is 476 g/mol. The molecular formula is C23H28N2O7S. The lowest BCUT2D eigenvalue weighted by molar-refractivity contribution is -0.125. The third kappa shape index (κ3) is 7.11. The van der Waals surface area contributed by atoms with Crippen molar-refractivity contribution in [1.29, 1.82) is 0 Å². The summed E-state index contributed by atoms with van der Waals surface area (Å²) in [6.45, 7) is 4.62. The topological polar surface area (TPSA) is 120 Å². The Morgan fingerprint density at radius 1 is 1.06 bits per heavy atom. The van der Waals surface area contributed by atoms with Crippen LogP contribution in [0, 0.1) is 5.92 Å². The molecule has 0 saturated heterocycles. The Bertz CT molecular complexity index is 1120. The van der Waals surface area contributed by atoms with Gasteiger partial charge >= 0.3 is 5.97 Å². The van der Waals surface area contributed by atoms with Gasteiger partial charge in [-0.15, -0.1) is 0 Å². The fourth-order valence-electron chi connectivity index (χ4n) is 3.36. The average molecular weight is 477 g/mol. The van der Waals surface area contributed by atoms with E-state index in [1.54, 1.807) is 0 Å². The Labute approximate surface area is 193 Å². The molecule has 33 heavy (non-hydrogen) atoms. The van der Waals surface area contributed by atoms with E-state index < -0.39 is 28.5 Å². The molecule has 1 atom stereocenters. The highest BCUT2D eigenvalue weighted by atomic mass is 32.2. The van der Waals surface area contributed by atoms with Crippen LogP contribution in [0.5, 0.6) is 11.5 Å². The fourth-order valence-corrected chi connectivity index (χ4v) is 3.92. The molecule has 1 aliphatic rings. The SMILES string of the molecule is CC(C)C(NC(=O)COC(=O)c1cccc(NS(C)(=O)=O)c1)c1ccc2c(c1)OCCCO2. The predicted molar refractivity (Wildman–Crippen MR) is 123 cm³/mol. The molecule has 3 rings (SSSR count). The molecule has 0 bridgehead atoms. The highest BCUT2D eigenvalue weighted by Gasteiger charge is 2.22. The van der Waals surface area contributed by atoms with Gasteiger partial charge in [-0.1, -0.05) is 26.0 Å². The van der Waals surface area contributed by atoms with Gasteiger partial charge in [0.1, 0.15) is 0 Å². The highest BCUT2D eigenvalue weighted by molar-refractivity contribution is 7.92. The molecule has 0 spiro atoms. The van der Waals surface area contributed by atoms with E-state index in [-0.39, 0.29) is 23.2 Å². The molecule has 0 aliphatic carbocycles. The summed E-state index contributed by atoms with van der Waals surface area (Å²) in [5.74, 6) is 0.178. The molecule has 2 aromatic rings. The van der Waals surface area contributed by atoms with Crippen LogP contribution in [0.25, 0.3) is 0 Å². The number of nitrogens with one attached hydrogen (secondary N) is 2. The Balaban J connectivity index is 1.62. The van der Waals surface area contributed by atoms with E-state index in [9.17, 15) is 18.0 Å². The summed E-state index contributed by atoms with van der Waals surface area (Å²) in [6, 6.07) is 11.1. The number of carbonyl (C=O) groups is 2. The first kappa shape index (κ1) is 24.4. The molecule has 1 amide bonds. The molecular weight excluding hydrogens is 448 g/mol. The van der Waals surface area contributed by atoms with Gasteiger partial charge in [-0.25, -0.2) is 13.2 Å². The van der Waals surface area contributed by atoms with Crippen molar-refractivity contribution >= 4 is 27.6 Å². The van der Waals surface area contributed by atoms with E-state index in [1.807, 2.05) is 32.0 Å². The van der Waals surface area contributed by atoms with Crippen molar-refractivity contribution in [2.45, 2.75) is 26.3 Å². The van der Waals surface area contributed by atoms with Gasteiger partial charge in [0.05, 0.1) is 31.1 Å². The predicted octanol–water partition coefficient (Wildman–Crippen LogP) is 2.89. The van der Waals surface area contributed by atoms with Gasteiger partial charge in [0, 0.05) is 12.1 Å². The summed E-state index contributed by atoms with van der Waals surface area (Å²) < 4.78 is 41.6. The number of rotatable bonds is 8. The zero-order chi connectivity index (χ0) is 24.0. The zero-order valence-corrected chi connectivity index (χ0v) is 19.6. The van der Waals surface area contributed by atoms with Crippen molar-refractivity contribution in [2.24, 2.45) is 5.92 Å². The number of carbonyl (C=O) groups excluding carboxylic acids is 2. The van der Waals surface area contributed by atoms with Crippen LogP contribution in [0.2, 0.25) is 0 Å². The van der Waals surface area contributed by atoms with E-state index in [0.717, 1.165) is 18.2 Å². The fraction of sp³-hybridized carbons (Fsp3) is 0.391. The second kappa shape index (κ2) is 10.6. The van der Waals surface area contributed by atoms with Crippen LogP contribution in [0.4, 0.5) is 5.69 Å². The second-order valence-corrected chi connectivity index (χ2v) is 9.83. The molecule has 1 unspecified atom stereocenters. The first-order chi connectivity index (χ1) is 15.6. The largest absolute Gasteiger partial charge is 0.490 e. The van der Waals surface area contributed by atoms with Crippen LogP contribution in [0.3, 0.4) is 0 Å². The Morgan fingerprint density at radius 3 is 2.48 bits per heavy atom. The number of fused-ring (bicyclic) bond motifs is 1. The van der Waals surface area contributed by atoms with Gasteiger partial charge in [-0.05, 0) is 41.8 Å². The number of hydrogen-bond acceptors (Lipinski definition) is 7. The maximum Gasteiger partial charge on any atom is 0.338 e. The molecule has 0 aromatic heterocycles. The number of ether oxygens (including phenoxy) is 3. The normalized spacial score (nSPS) is 14.2. The van der Waals surface area contributed by atoms with Crippen molar-refractivity contribution in [2.75, 3.05) is 30.8 Å². The van der Waals surface area contributed by atoms with Crippen LogP contribution in [-0.2, 0) is 19.6 Å². The van der Waals surface area contributed by atoms with Crippen molar-refractivity contribution in [1.82, 2.24) is 5.32 Å². The highest BCUT2D eigenvalue weighted by Crippen LogP contribution is 2.34. The van der Waals surface area contributed by atoms with Crippen molar-refractivity contribution in [3.05, 3.63) is 53.6 Å². The molecule has 10 heteroatoms. The standard InChI is InChI=1S/C23H28N2O7S/c1-15(2)22(16-8-9-19-20(13-16)31-11-5-10-30-19)24-21(26)14-32-23(27)17-6-4-7-18(12-17)25-33(3,28)29/h4,6-9,12-13,15,22,25H,5,10-11,14H2,1-3H3,(H,24,26). The van der Waals surface area contributed by atoms with E-state index in [1.165, 1.54) is 24.3 Å². The van der Waals surface area contributed by atoms with Gasteiger partial charge in [0.2, 0.25) is 10.0 Å². The van der Waals surface area contributed by atoms with Crippen molar-refractivity contribution in [3.8, 4) is 11.5 Å².